The molecular formula is C26H42O4. The van der Waals surface area contributed by atoms with Crippen LogP contribution in [0.5, 0.6) is 0 Å². The van der Waals surface area contributed by atoms with E-state index in [9.17, 15) is 0 Å². The third-order valence-electron chi connectivity index (χ3n) is 10.3. The molecule has 0 radical (unpaired) electrons. The predicted molar refractivity (Wildman–Crippen MR) is 117 cm³/mol. The van der Waals surface area contributed by atoms with E-state index >= 15 is 0 Å². The van der Waals surface area contributed by atoms with E-state index in [0.29, 0.717) is 12.0 Å². The SMILES string of the molecule is CCOC(C)O[C@@]1(C)CCC2C3CCC4=CC5(CC[C@@]4(C)C3CC[C@]21C)OCCO5. The van der Waals surface area contributed by atoms with Gasteiger partial charge in [-0.25, -0.2) is 0 Å². The fourth-order valence-corrected chi connectivity index (χ4v) is 8.43. The maximum Gasteiger partial charge on any atom is 0.188 e. The van der Waals surface area contributed by atoms with Gasteiger partial charge in [-0.05, 0) is 100 Å². The van der Waals surface area contributed by atoms with Crippen LogP contribution in [0.2, 0.25) is 0 Å². The first-order valence-corrected chi connectivity index (χ1v) is 12.5. The summed E-state index contributed by atoms with van der Waals surface area (Å²) in [6.07, 6.45) is 12.1. The number of hydrogen-bond acceptors (Lipinski definition) is 4. The van der Waals surface area contributed by atoms with Crippen LogP contribution in [0.1, 0.15) is 86.0 Å². The van der Waals surface area contributed by atoms with Gasteiger partial charge in [0.15, 0.2) is 12.1 Å². The zero-order valence-electron chi connectivity index (χ0n) is 19.8. The Kier molecular flexibility index (Phi) is 5.21. The molecule has 1 aliphatic heterocycles. The van der Waals surface area contributed by atoms with E-state index in [-0.39, 0.29) is 17.3 Å². The van der Waals surface area contributed by atoms with E-state index in [1.165, 1.54) is 44.9 Å². The molecule has 4 fully saturated rings. The van der Waals surface area contributed by atoms with Crippen LogP contribution < -0.4 is 0 Å². The molecule has 0 amide bonds. The van der Waals surface area contributed by atoms with E-state index in [4.69, 9.17) is 18.9 Å². The lowest BCUT2D eigenvalue weighted by molar-refractivity contribution is -0.238. The topological polar surface area (TPSA) is 36.9 Å². The van der Waals surface area contributed by atoms with Gasteiger partial charge in [-0.3, -0.25) is 0 Å². The van der Waals surface area contributed by atoms with Crippen molar-refractivity contribution in [2.45, 2.75) is 104 Å². The summed E-state index contributed by atoms with van der Waals surface area (Å²) in [5.41, 5.74) is 2.13. The molecule has 4 aliphatic carbocycles. The van der Waals surface area contributed by atoms with Gasteiger partial charge in [-0.15, -0.1) is 0 Å². The van der Waals surface area contributed by atoms with E-state index in [2.05, 4.69) is 40.7 Å². The van der Waals surface area contributed by atoms with Crippen molar-refractivity contribution < 1.29 is 18.9 Å². The molecule has 170 valence electrons. The summed E-state index contributed by atoms with van der Waals surface area (Å²) in [7, 11) is 0. The van der Waals surface area contributed by atoms with Crippen molar-refractivity contribution in [2.75, 3.05) is 19.8 Å². The van der Waals surface area contributed by atoms with Crippen molar-refractivity contribution in [3.63, 3.8) is 0 Å². The van der Waals surface area contributed by atoms with E-state index in [1.807, 2.05) is 0 Å². The quantitative estimate of drug-likeness (QED) is 0.424. The van der Waals surface area contributed by atoms with Crippen LogP contribution in [0.25, 0.3) is 0 Å². The second-order valence-electron chi connectivity index (χ2n) is 11.4. The van der Waals surface area contributed by atoms with Crippen LogP contribution in [0, 0.1) is 28.6 Å². The second kappa shape index (κ2) is 7.30. The van der Waals surface area contributed by atoms with Gasteiger partial charge in [-0.1, -0.05) is 19.4 Å². The van der Waals surface area contributed by atoms with Gasteiger partial charge in [-0.2, -0.15) is 0 Å². The molecule has 0 aromatic carbocycles. The van der Waals surface area contributed by atoms with Crippen molar-refractivity contribution in [1.29, 1.82) is 0 Å². The molecule has 5 rings (SSSR count). The summed E-state index contributed by atoms with van der Waals surface area (Å²) in [6, 6.07) is 0. The molecule has 5 aliphatic rings. The number of fused-ring (bicyclic) bond motifs is 5. The van der Waals surface area contributed by atoms with Crippen LogP contribution in [-0.4, -0.2) is 37.5 Å². The van der Waals surface area contributed by atoms with Crippen LogP contribution in [0.3, 0.4) is 0 Å². The smallest absolute Gasteiger partial charge is 0.188 e. The molecule has 1 saturated heterocycles. The van der Waals surface area contributed by atoms with Crippen molar-refractivity contribution in [3.05, 3.63) is 11.6 Å². The molecular weight excluding hydrogens is 376 g/mol. The Morgan fingerprint density at radius 2 is 1.73 bits per heavy atom. The Morgan fingerprint density at radius 1 is 1.00 bits per heavy atom. The molecule has 30 heavy (non-hydrogen) atoms. The normalized spacial score (nSPS) is 48.0. The monoisotopic (exact) mass is 418 g/mol. The molecule has 7 atom stereocenters. The van der Waals surface area contributed by atoms with E-state index in [0.717, 1.165) is 37.4 Å². The van der Waals surface area contributed by atoms with Crippen LogP contribution in [0.15, 0.2) is 11.6 Å². The number of ether oxygens (including phenoxy) is 4. The Bertz CT molecular complexity index is 697. The maximum atomic E-state index is 6.62. The average Bonchev–Trinajstić information content (AvgIpc) is 3.25. The maximum absolute atomic E-state index is 6.62. The lowest BCUT2D eigenvalue weighted by Crippen LogP contribution is -2.56. The number of hydrogen-bond donors (Lipinski definition) is 0. The minimum absolute atomic E-state index is 0.0730. The molecule has 0 aromatic rings. The van der Waals surface area contributed by atoms with Crippen LogP contribution in [0.4, 0.5) is 0 Å². The van der Waals surface area contributed by atoms with E-state index < -0.39 is 5.79 Å². The number of rotatable bonds is 4. The summed E-state index contributed by atoms with van der Waals surface area (Å²) in [4.78, 5) is 0. The lowest BCUT2D eigenvalue weighted by Gasteiger charge is -2.60. The van der Waals surface area contributed by atoms with Gasteiger partial charge in [0.25, 0.3) is 0 Å². The largest absolute Gasteiger partial charge is 0.353 e. The number of allylic oxidation sites excluding steroid dienone is 1. The third kappa shape index (κ3) is 3.00. The summed E-state index contributed by atoms with van der Waals surface area (Å²) in [6.45, 7) is 13.8. The second-order valence-corrected chi connectivity index (χ2v) is 11.4. The van der Waals surface area contributed by atoms with Gasteiger partial charge in [0.05, 0.1) is 18.8 Å². The van der Waals surface area contributed by atoms with Crippen molar-refractivity contribution in [2.24, 2.45) is 28.6 Å². The Labute approximate surface area is 183 Å². The fourth-order valence-electron chi connectivity index (χ4n) is 8.43. The highest BCUT2D eigenvalue weighted by Crippen LogP contribution is 2.68. The van der Waals surface area contributed by atoms with Crippen LogP contribution >= 0.6 is 0 Å². The minimum Gasteiger partial charge on any atom is -0.353 e. The molecule has 0 aromatic heterocycles. The Morgan fingerprint density at radius 3 is 2.47 bits per heavy atom. The molecule has 1 heterocycles. The minimum atomic E-state index is -0.403. The highest BCUT2D eigenvalue weighted by Gasteiger charge is 2.64. The van der Waals surface area contributed by atoms with Crippen LogP contribution in [-0.2, 0) is 18.9 Å². The molecule has 0 bridgehead atoms. The van der Waals surface area contributed by atoms with Crippen molar-refractivity contribution >= 4 is 0 Å². The fraction of sp³-hybridized carbons (Fsp3) is 0.923. The molecule has 3 saturated carbocycles. The zero-order chi connectivity index (χ0) is 21.2. The lowest BCUT2D eigenvalue weighted by atomic mass is 9.46. The van der Waals surface area contributed by atoms with E-state index in [1.54, 1.807) is 5.57 Å². The van der Waals surface area contributed by atoms with Gasteiger partial charge < -0.3 is 18.9 Å². The summed E-state index contributed by atoms with van der Waals surface area (Å²) in [5, 5.41) is 0. The summed E-state index contributed by atoms with van der Waals surface area (Å²) in [5.74, 6) is 1.97. The summed E-state index contributed by atoms with van der Waals surface area (Å²) >= 11 is 0. The highest BCUT2D eigenvalue weighted by atomic mass is 16.7. The van der Waals surface area contributed by atoms with Crippen molar-refractivity contribution in [1.82, 2.24) is 0 Å². The molecule has 4 nitrogen and oxygen atoms in total. The van der Waals surface area contributed by atoms with Gasteiger partial charge in [0.2, 0.25) is 0 Å². The van der Waals surface area contributed by atoms with Gasteiger partial charge >= 0.3 is 0 Å². The summed E-state index contributed by atoms with van der Waals surface area (Å²) < 4.78 is 24.5. The van der Waals surface area contributed by atoms with Crippen molar-refractivity contribution in [3.8, 4) is 0 Å². The first kappa shape index (κ1) is 21.4. The molecule has 4 heteroatoms. The third-order valence-corrected chi connectivity index (χ3v) is 10.3. The molecule has 4 unspecified atom stereocenters. The molecule has 0 N–H and O–H groups in total. The predicted octanol–water partition coefficient (Wildman–Crippen LogP) is 5.85. The highest BCUT2D eigenvalue weighted by molar-refractivity contribution is 5.28. The first-order valence-electron chi connectivity index (χ1n) is 12.5. The Balaban J connectivity index is 1.39. The van der Waals surface area contributed by atoms with Gasteiger partial charge in [0, 0.05) is 13.0 Å². The first-order chi connectivity index (χ1) is 14.3. The van der Waals surface area contributed by atoms with Gasteiger partial charge in [0.1, 0.15) is 0 Å². The standard InChI is InChI=1S/C26H42O4/c1-6-27-18(2)30-25(5)12-10-22-20-8-7-19-17-26(28-15-16-29-26)14-13-23(19,3)21(20)9-11-24(22,25)4/h17-18,20-22H,6-16H2,1-5H3/t18?,20?,21?,22?,23-,24-,25+/m1/s1. The zero-order valence-corrected chi connectivity index (χ0v) is 19.8. The Hall–Kier alpha value is -0.420. The molecule has 1 spiro atoms. The average molecular weight is 419 g/mol.